The quantitative estimate of drug-likeness (QED) is 0.539. The Bertz CT molecular complexity index is 623. The Labute approximate surface area is 164 Å². The van der Waals surface area contributed by atoms with E-state index in [0.717, 1.165) is 30.6 Å². The molecule has 0 aromatic carbocycles. The van der Waals surface area contributed by atoms with E-state index >= 15 is 0 Å². The van der Waals surface area contributed by atoms with Crippen molar-refractivity contribution in [3.63, 3.8) is 0 Å². The van der Waals surface area contributed by atoms with Gasteiger partial charge in [0.2, 0.25) is 0 Å². The second-order valence-electron chi connectivity index (χ2n) is 11.0. The molecule has 4 aliphatic carbocycles. The second-order valence-corrected chi connectivity index (χ2v) is 11.0. The molecule has 3 nitrogen and oxygen atoms in total. The molecule has 0 aromatic rings. The predicted octanol–water partition coefficient (Wildman–Crippen LogP) is 5.13. The van der Waals surface area contributed by atoms with E-state index in [1.165, 1.54) is 52.1 Å². The molecule has 4 aliphatic rings. The van der Waals surface area contributed by atoms with E-state index in [4.69, 9.17) is 4.74 Å². The maximum absolute atomic E-state index is 11.6. The van der Waals surface area contributed by atoms with E-state index < -0.39 is 5.60 Å². The lowest BCUT2D eigenvalue weighted by Crippen LogP contribution is -2.55. The molecule has 1 N–H and O–H groups in total. The topological polar surface area (TPSA) is 46.5 Å². The summed E-state index contributed by atoms with van der Waals surface area (Å²) < 4.78 is 4.81. The molecule has 0 aromatic heterocycles. The van der Waals surface area contributed by atoms with Crippen LogP contribution in [-0.2, 0) is 9.53 Å². The second kappa shape index (κ2) is 6.61. The van der Waals surface area contributed by atoms with Crippen LogP contribution in [0.2, 0.25) is 0 Å². The van der Waals surface area contributed by atoms with Crippen LogP contribution in [0.5, 0.6) is 0 Å². The van der Waals surface area contributed by atoms with Crippen LogP contribution >= 0.6 is 0 Å². The van der Waals surface area contributed by atoms with E-state index in [-0.39, 0.29) is 5.97 Å². The van der Waals surface area contributed by atoms with Gasteiger partial charge in [-0.2, -0.15) is 0 Å². The SMILES string of the molecule is COC(=O)C=CC1CCC2C3CCC4CC(C)(O)CCC4(C)C3CCC12C. The Morgan fingerprint density at radius 2 is 1.70 bits per heavy atom. The first-order chi connectivity index (χ1) is 12.7. The minimum atomic E-state index is -0.447. The molecule has 0 aliphatic heterocycles. The zero-order valence-corrected chi connectivity index (χ0v) is 17.7. The lowest BCUT2D eigenvalue weighted by Gasteiger charge is -2.61. The summed E-state index contributed by atoms with van der Waals surface area (Å²) in [5.41, 5.74) is 0.318. The third-order valence-corrected chi connectivity index (χ3v) is 9.69. The van der Waals surface area contributed by atoms with Gasteiger partial charge in [-0.3, -0.25) is 0 Å². The number of ether oxygens (including phenoxy) is 1. The third-order valence-electron chi connectivity index (χ3n) is 9.69. The molecule has 0 spiro atoms. The molecule has 4 rings (SSSR count). The molecule has 8 unspecified atom stereocenters. The maximum atomic E-state index is 11.6. The Morgan fingerprint density at radius 3 is 2.44 bits per heavy atom. The van der Waals surface area contributed by atoms with Gasteiger partial charge in [-0.15, -0.1) is 0 Å². The van der Waals surface area contributed by atoms with Gasteiger partial charge in [-0.05, 0) is 105 Å². The molecule has 4 fully saturated rings. The first-order valence-corrected chi connectivity index (χ1v) is 11.2. The van der Waals surface area contributed by atoms with Crippen molar-refractivity contribution in [3.8, 4) is 0 Å². The fourth-order valence-corrected chi connectivity index (χ4v) is 8.05. The minimum Gasteiger partial charge on any atom is -0.466 e. The van der Waals surface area contributed by atoms with E-state index in [1.807, 2.05) is 6.92 Å². The van der Waals surface area contributed by atoms with Gasteiger partial charge in [-0.1, -0.05) is 19.9 Å². The van der Waals surface area contributed by atoms with E-state index in [2.05, 4.69) is 19.9 Å². The summed E-state index contributed by atoms with van der Waals surface area (Å²) in [6, 6.07) is 0. The van der Waals surface area contributed by atoms with Crippen molar-refractivity contribution in [1.29, 1.82) is 0 Å². The van der Waals surface area contributed by atoms with Crippen molar-refractivity contribution in [2.45, 2.75) is 84.2 Å². The van der Waals surface area contributed by atoms with Crippen LogP contribution in [-0.4, -0.2) is 23.8 Å². The number of allylic oxidation sites excluding steroid dienone is 1. The van der Waals surface area contributed by atoms with Gasteiger partial charge in [0.15, 0.2) is 0 Å². The maximum Gasteiger partial charge on any atom is 0.330 e. The highest BCUT2D eigenvalue weighted by Crippen LogP contribution is 2.68. The summed E-state index contributed by atoms with van der Waals surface area (Å²) in [7, 11) is 1.46. The molecule has 0 heterocycles. The summed E-state index contributed by atoms with van der Waals surface area (Å²) in [6.45, 7) is 7.09. The third kappa shape index (κ3) is 3.09. The Morgan fingerprint density at radius 1 is 0.963 bits per heavy atom. The molecule has 0 saturated heterocycles. The van der Waals surface area contributed by atoms with Crippen LogP contribution in [0.4, 0.5) is 0 Å². The van der Waals surface area contributed by atoms with Crippen molar-refractivity contribution in [2.24, 2.45) is 40.4 Å². The van der Waals surface area contributed by atoms with Crippen LogP contribution in [0.25, 0.3) is 0 Å². The van der Waals surface area contributed by atoms with Crippen LogP contribution in [0.1, 0.15) is 78.6 Å². The molecule has 27 heavy (non-hydrogen) atoms. The van der Waals surface area contributed by atoms with Gasteiger partial charge in [0.05, 0.1) is 12.7 Å². The van der Waals surface area contributed by atoms with E-state index in [1.54, 1.807) is 6.08 Å². The number of carbonyl (C=O) groups is 1. The molecule has 0 bridgehead atoms. The van der Waals surface area contributed by atoms with Crippen LogP contribution in [0, 0.1) is 40.4 Å². The number of aliphatic hydroxyl groups is 1. The average Bonchev–Trinajstić information content (AvgIpc) is 2.96. The van der Waals surface area contributed by atoms with Crippen LogP contribution in [0.15, 0.2) is 12.2 Å². The van der Waals surface area contributed by atoms with Crippen molar-refractivity contribution in [2.75, 3.05) is 7.11 Å². The number of rotatable bonds is 2. The van der Waals surface area contributed by atoms with Crippen LogP contribution in [0.3, 0.4) is 0 Å². The normalized spacial score (nSPS) is 52.1. The monoisotopic (exact) mass is 374 g/mol. The van der Waals surface area contributed by atoms with E-state index in [0.29, 0.717) is 22.7 Å². The summed E-state index contributed by atoms with van der Waals surface area (Å²) in [4.78, 5) is 11.6. The largest absolute Gasteiger partial charge is 0.466 e. The number of hydrogen-bond donors (Lipinski definition) is 1. The van der Waals surface area contributed by atoms with E-state index in [9.17, 15) is 9.90 Å². The lowest BCUT2D eigenvalue weighted by atomic mass is 9.44. The fraction of sp³-hybridized carbons (Fsp3) is 0.875. The van der Waals surface area contributed by atoms with Gasteiger partial charge < -0.3 is 9.84 Å². The number of fused-ring (bicyclic) bond motifs is 5. The summed E-state index contributed by atoms with van der Waals surface area (Å²) >= 11 is 0. The van der Waals surface area contributed by atoms with Crippen molar-refractivity contribution >= 4 is 5.97 Å². The van der Waals surface area contributed by atoms with Gasteiger partial charge in [0.1, 0.15) is 0 Å². The molecule has 0 radical (unpaired) electrons. The molecule has 3 heteroatoms. The zero-order chi connectivity index (χ0) is 19.4. The van der Waals surface area contributed by atoms with Gasteiger partial charge in [-0.25, -0.2) is 4.79 Å². The Balaban J connectivity index is 1.54. The highest BCUT2D eigenvalue weighted by atomic mass is 16.5. The summed E-state index contributed by atoms with van der Waals surface area (Å²) in [5, 5.41) is 10.6. The van der Waals surface area contributed by atoms with Gasteiger partial charge >= 0.3 is 5.97 Å². The van der Waals surface area contributed by atoms with Gasteiger partial charge in [0.25, 0.3) is 0 Å². The number of hydrogen-bond acceptors (Lipinski definition) is 3. The number of carbonyl (C=O) groups excluding carboxylic acids is 1. The first-order valence-electron chi connectivity index (χ1n) is 11.2. The number of esters is 1. The van der Waals surface area contributed by atoms with Crippen LogP contribution < -0.4 is 0 Å². The first kappa shape index (κ1) is 19.5. The fourth-order valence-electron chi connectivity index (χ4n) is 8.05. The summed E-state index contributed by atoms with van der Waals surface area (Å²) in [5.74, 6) is 3.45. The molecule has 0 amide bonds. The Kier molecular flexibility index (Phi) is 4.77. The molecule has 4 saturated carbocycles. The molecule has 152 valence electrons. The minimum absolute atomic E-state index is 0.224. The van der Waals surface area contributed by atoms with Crippen molar-refractivity contribution < 1.29 is 14.6 Å². The van der Waals surface area contributed by atoms with Crippen molar-refractivity contribution in [1.82, 2.24) is 0 Å². The predicted molar refractivity (Wildman–Crippen MR) is 107 cm³/mol. The standard InChI is InChI=1S/C24H38O3/c1-22(26)13-14-24(3)17(15-22)5-8-18-19-9-6-16(7-10-21(25)27-4)23(19,2)12-11-20(18)24/h7,10,16-20,26H,5-6,8-9,11-15H2,1-4H3. The lowest BCUT2D eigenvalue weighted by molar-refractivity contribution is -0.144. The average molecular weight is 375 g/mol. The molecular weight excluding hydrogens is 336 g/mol. The molecule has 8 atom stereocenters. The van der Waals surface area contributed by atoms with Crippen molar-refractivity contribution in [3.05, 3.63) is 12.2 Å². The highest BCUT2D eigenvalue weighted by molar-refractivity contribution is 5.81. The summed E-state index contributed by atoms with van der Waals surface area (Å²) in [6.07, 6.45) is 14.7. The smallest absolute Gasteiger partial charge is 0.330 e. The molecular formula is C24H38O3. The van der Waals surface area contributed by atoms with Gasteiger partial charge in [0, 0.05) is 6.08 Å². The zero-order valence-electron chi connectivity index (χ0n) is 17.7. The number of methoxy groups -OCH3 is 1. The highest BCUT2D eigenvalue weighted by Gasteiger charge is 2.60. The Hall–Kier alpha value is -0.830.